The van der Waals surface area contributed by atoms with Gasteiger partial charge in [0, 0.05) is 13.2 Å². The van der Waals surface area contributed by atoms with Crippen LogP contribution in [0.2, 0.25) is 0 Å². The summed E-state index contributed by atoms with van der Waals surface area (Å²) >= 11 is 6.10. The van der Waals surface area contributed by atoms with Crippen LogP contribution in [0.15, 0.2) is 22.4 Å². The minimum Gasteiger partial charge on any atom is -0.143 e. The van der Waals surface area contributed by atoms with Crippen LogP contribution < -0.4 is 0 Å². The summed E-state index contributed by atoms with van der Waals surface area (Å²) in [5, 5.41) is 3.73. The lowest BCUT2D eigenvalue weighted by atomic mass is 10.1. The standard InChI is InChI=1S/C11H11IS2/c1-3-7-6-14-10-5-9(12)11(13-2)4-8(7)10/h4-6H,3H2,1-2H3. The predicted octanol–water partition coefficient (Wildman–Crippen LogP) is 4.79. The zero-order chi connectivity index (χ0) is 10.1. The van der Waals surface area contributed by atoms with Gasteiger partial charge in [0.05, 0.1) is 0 Å². The van der Waals surface area contributed by atoms with Gasteiger partial charge in [-0.1, -0.05) is 6.92 Å². The van der Waals surface area contributed by atoms with Crippen molar-refractivity contribution in [1.29, 1.82) is 0 Å². The average Bonchev–Trinajstić information content (AvgIpc) is 2.58. The van der Waals surface area contributed by atoms with Crippen LogP contribution in [0.3, 0.4) is 0 Å². The number of fused-ring (bicyclic) bond motifs is 1. The molecule has 0 fully saturated rings. The first kappa shape index (κ1) is 10.8. The predicted molar refractivity (Wildman–Crippen MR) is 75.7 cm³/mol. The summed E-state index contributed by atoms with van der Waals surface area (Å²) in [6.07, 6.45) is 3.27. The molecule has 74 valence electrons. The highest BCUT2D eigenvalue weighted by atomic mass is 127. The Balaban J connectivity index is 2.70. The zero-order valence-electron chi connectivity index (χ0n) is 8.13. The molecule has 1 aromatic carbocycles. The van der Waals surface area contributed by atoms with E-state index in [0.29, 0.717) is 0 Å². The van der Waals surface area contributed by atoms with Gasteiger partial charge in [0.2, 0.25) is 0 Å². The molecule has 0 nitrogen and oxygen atoms in total. The molecule has 1 aromatic heterocycles. The van der Waals surface area contributed by atoms with Gasteiger partial charge in [-0.3, -0.25) is 0 Å². The zero-order valence-corrected chi connectivity index (χ0v) is 11.9. The van der Waals surface area contributed by atoms with Gasteiger partial charge in [-0.05, 0) is 63.7 Å². The minimum absolute atomic E-state index is 1.13. The molecule has 0 aliphatic heterocycles. The first-order valence-corrected chi connectivity index (χ1v) is 7.68. The highest BCUT2D eigenvalue weighted by Crippen LogP contribution is 2.33. The summed E-state index contributed by atoms with van der Waals surface area (Å²) < 4.78 is 2.79. The number of halogens is 1. The van der Waals surface area contributed by atoms with E-state index in [0.717, 1.165) is 6.42 Å². The van der Waals surface area contributed by atoms with Crippen molar-refractivity contribution in [2.45, 2.75) is 18.2 Å². The fourth-order valence-corrected chi connectivity index (χ4v) is 4.41. The lowest BCUT2D eigenvalue weighted by Crippen LogP contribution is -1.80. The van der Waals surface area contributed by atoms with E-state index in [2.05, 4.69) is 53.3 Å². The molecule has 3 heteroatoms. The second kappa shape index (κ2) is 4.41. The number of hydrogen-bond donors (Lipinski definition) is 0. The molecule has 0 bridgehead atoms. The highest BCUT2D eigenvalue weighted by molar-refractivity contribution is 14.1. The van der Waals surface area contributed by atoms with Crippen LogP contribution in [0.5, 0.6) is 0 Å². The van der Waals surface area contributed by atoms with E-state index in [9.17, 15) is 0 Å². The van der Waals surface area contributed by atoms with E-state index in [1.54, 1.807) is 0 Å². The van der Waals surface area contributed by atoms with Crippen molar-refractivity contribution in [3.63, 3.8) is 0 Å². The molecule has 14 heavy (non-hydrogen) atoms. The first-order valence-electron chi connectivity index (χ1n) is 4.50. The molecule has 0 atom stereocenters. The number of thioether (sulfide) groups is 1. The summed E-state index contributed by atoms with van der Waals surface area (Å²) in [6, 6.07) is 4.63. The van der Waals surface area contributed by atoms with Gasteiger partial charge >= 0.3 is 0 Å². The molecule has 0 spiro atoms. The minimum atomic E-state index is 1.13. The molecular weight excluding hydrogens is 323 g/mol. The molecule has 0 N–H and O–H groups in total. The first-order chi connectivity index (χ1) is 6.76. The molecule has 0 amide bonds. The van der Waals surface area contributed by atoms with Gasteiger partial charge in [0.15, 0.2) is 0 Å². The van der Waals surface area contributed by atoms with Gasteiger partial charge in [0.1, 0.15) is 0 Å². The Kier molecular flexibility index (Phi) is 3.39. The molecule has 2 aromatic rings. The average molecular weight is 334 g/mol. The SMILES string of the molecule is CCc1csc2cc(I)c(SC)cc12. The Morgan fingerprint density at radius 2 is 2.21 bits per heavy atom. The lowest BCUT2D eigenvalue weighted by molar-refractivity contribution is 1.17. The van der Waals surface area contributed by atoms with Gasteiger partial charge < -0.3 is 0 Å². The number of rotatable bonds is 2. The van der Waals surface area contributed by atoms with Crippen molar-refractivity contribution in [2.75, 3.05) is 6.26 Å². The molecule has 0 aliphatic carbocycles. The summed E-state index contributed by atoms with van der Waals surface area (Å²) in [6.45, 7) is 2.22. The smallest absolute Gasteiger partial charge is 0.0356 e. The van der Waals surface area contributed by atoms with Crippen LogP contribution in [0.4, 0.5) is 0 Å². The molecule has 0 aliphatic rings. The fraction of sp³-hybridized carbons (Fsp3) is 0.273. The maximum Gasteiger partial charge on any atom is 0.0356 e. The van der Waals surface area contributed by atoms with Gasteiger partial charge in [-0.2, -0.15) is 0 Å². The number of thiophene rings is 1. The maximum atomic E-state index is 2.42. The quantitative estimate of drug-likeness (QED) is 0.562. The third-order valence-corrected chi connectivity index (χ3v) is 5.34. The van der Waals surface area contributed by atoms with Crippen LogP contribution in [-0.4, -0.2) is 6.26 Å². The Labute approximate surface area is 106 Å². The largest absolute Gasteiger partial charge is 0.143 e. The van der Waals surface area contributed by atoms with Crippen molar-refractivity contribution in [2.24, 2.45) is 0 Å². The van der Waals surface area contributed by atoms with Crippen molar-refractivity contribution in [3.05, 3.63) is 26.6 Å². The van der Waals surface area contributed by atoms with Crippen molar-refractivity contribution < 1.29 is 0 Å². The van der Waals surface area contributed by atoms with Crippen LogP contribution in [0.25, 0.3) is 10.1 Å². The third kappa shape index (κ3) is 1.82. The summed E-state index contributed by atoms with van der Waals surface area (Å²) in [7, 11) is 0. The summed E-state index contributed by atoms with van der Waals surface area (Å²) in [5.74, 6) is 0. The normalized spacial score (nSPS) is 11.1. The molecule has 0 saturated heterocycles. The topological polar surface area (TPSA) is 0 Å². The second-order valence-electron chi connectivity index (χ2n) is 3.10. The Morgan fingerprint density at radius 1 is 1.43 bits per heavy atom. The Morgan fingerprint density at radius 3 is 2.86 bits per heavy atom. The Hall–Kier alpha value is 0.260. The monoisotopic (exact) mass is 334 g/mol. The van der Waals surface area contributed by atoms with Gasteiger partial charge in [0.25, 0.3) is 0 Å². The number of hydrogen-bond acceptors (Lipinski definition) is 2. The number of benzene rings is 1. The van der Waals surface area contributed by atoms with Crippen molar-refractivity contribution in [1.82, 2.24) is 0 Å². The number of aryl methyl sites for hydroxylation is 1. The molecule has 0 saturated carbocycles. The third-order valence-electron chi connectivity index (χ3n) is 2.31. The van der Waals surface area contributed by atoms with Crippen LogP contribution in [0.1, 0.15) is 12.5 Å². The van der Waals surface area contributed by atoms with Crippen molar-refractivity contribution >= 4 is 55.8 Å². The highest BCUT2D eigenvalue weighted by Gasteiger charge is 2.06. The van der Waals surface area contributed by atoms with E-state index in [-0.39, 0.29) is 0 Å². The van der Waals surface area contributed by atoms with E-state index < -0.39 is 0 Å². The Bertz CT molecular complexity index is 460. The molecule has 0 unspecified atom stereocenters. The summed E-state index contributed by atoms with van der Waals surface area (Å²) in [5.41, 5.74) is 1.48. The van der Waals surface area contributed by atoms with E-state index in [1.165, 1.54) is 24.1 Å². The maximum absolute atomic E-state index is 2.42. The lowest BCUT2D eigenvalue weighted by Gasteiger charge is -2.02. The van der Waals surface area contributed by atoms with E-state index in [4.69, 9.17) is 0 Å². The van der Waals surface area contributed by atoms with Crippen LogP contribution in [0, 0.1) is 3.57 Å². The molecule has 2 rings (SSSR count). The van der Waals surface area contributed by atoms with Crippen LogP contribution in [-0.2, 0) is 6.42 Å². The molecule has 0 radical (unpaired) electrons. The van der Waals surface area contributed by atoms with Crippen LogP contribution >= 0.6 is 45.7 Å². The van der Waals surface area contributed by atoms with Gasteiger partial charge in [-0.25, -0.2) is 0 Å². The molecule has 1 heterocycles. The molecular formula is C11H11IS2. The van der Waals surface area contributed by atoms with Crippen molar-refractivity contribution in [3.8, 4) is 0 Å². The van der Waals surface area contributed by atoms with E-state index >= 15 is 0 Å². The fourth-order valence-electron chi connectivity index (χ4n) is 1.51. The second-order valence-corrected chi connectivity index (χ2v) is 6.02. The van der Waals surface area contributed by atoms with E-state index in [1.807, 2.05) is 23.1 Å². The summed E-state index contributed by atoms with van der Waals surface area (Å²) in [4.78, 5) is 1.39. The van der Waals surface area contributed by atoms with Gasteiger partial charge in [-0.15, -0.1) is 23.1 Å².